The van der Waals surface area contributed by atoms with Gasteiger partial charge < -0.3 is 10.4 Å². The predicted molar refractivity (Wildman–Crippen MR) is 66.0 cm³/mol. The van der Waals surface area contributed by atoms with Crippen molar-refractivity contribution in [3.63, 3.8) is 0 Å². The maximum absolute atomic E-state index is 13.3. The fourth-order valence-electron chi connectivity index (χ4n) is 1.50. The SMILES string of the molecule is O=C(O)CCCCCNc1c(F)cc(F)cc1Cl. The van der Waals surface area contributed by atoms with E-state index in [4.69, 9.17) is 16.7 Å². The number of carbonyl (C=O) groups is 1. The van der Waals surface area contributed by atoms with Gasteiger partial charge >= 0.3 is 5.97 Å². The van der Waals surface area contributed by atoms with E-state index in [2.05, 4.69) is 5.32 Å². The summed E-state index contributed by atoms with van der Waals surface area (Å²) in [5, 5.41) is 11.2. The number of anilines is 1. The molecular formula is C12H14ClF2NO2. The molecule has 2 N–H and O–H groups in total. The van der Waals surface area contributed by atoms with Crippen LogP contribution in [-0.2, 0) is 4.79 Å². The van der Waals surface area contributed by atoms with Gasteiger partial charge in [-0.1, -0.05) is 18.0 Å². The fourth-order valence-corrected chi connectivity index (χ4v) is 1.76. The standard InChI is InChI=1S/C12H14ClF2NO2/c13-9-6-8(14)7-10(15)12(9)16-5-3-1-2-4-11(17)18/h6-7,16H,1-5H2,(H,17,18). The summed E-state index contributed by atoms with van der Waals surface area (Å²) in [5.74, 6) is -2.27. The number of hydrogen-bond donors (Lipinski definition) is 2. The zero-order chi connectivity index (χ0) is 13.5. The Kier molecular flexibility index (Phi) is 5.85. The number of carboxylic acid groups (broad SMARTS) is 1. The molecule has 100 valence electrons. The lowest BCUT2D eigenvalue weighted by atomic mass is 10.2. The number of unbranched alkanes of at least 4 members (excludes halogenated alkanes) is 2. The second kappa shape index (κ2) is 7.16. The average molecular weight is 278 g/mol. The van der Waals surface area contributed by atoms with E-state index in [1.165, 1.54) is 0 Å². The zero-order valence-electron chi connectivity index (χ0n) is 9.68. The van der Waals surface area contributed by atoms with E-state index in [0.29, 0.717) is 19.4 Å². The number of rotatable bonds is 7. The molecule has 0 radical (unpaired) electrons. The number of benzene rings is 1. The van der Waals surface area contributed by atoms with Gasteiger partial charge in [0.1, 0.15) is 5.82 Å². The lowest BCUT2D eigenvalue weighted by molar-refractivity contribution is -0.137. The van der Waals surface area contributed by atoms with Gasteiger partial charge in [0.05, 0.1) is 10.7 Å². The van der Waals surface area contributed by atoms with Gasteiger partial charge in [0.25, 0.3) is 0 Å². The lowest BCUT2D eigenvalue weighted by Crippen LogP contribution is -2.05. The number of halogens is 3. The lowest BCUT2D eigenvalue weighted by Gasteiger charge is -2.09. The van der Waals surface area contributed by atoms with E-state index < -0.39 is 17.6 Å². The van der Waals surface area contributed by atoms with Crippen LogP contribution in [0.1, 0.15) is 25.7 Å². The van der Waals surface area contributed by atoms with Gasteiger partial charge in [-0.3, -0.25) is 4.79 Å². The maximum Gasteiger partial charge on any atom is 0.303 e. The van der Waals surface area contributed by atoms with Gasteiger partial charge in [-0.05, 0) is 18.9 Å². The van der Waals surface area contributed by atoms with Crippen LogP contribution < -0.4 is 5.32 Å². The molecule has 0 amide bonds. The molecule has 6 heteroatoms. The first-order valence-electron chi connectivity index (χ1n) is 5.61. The summed E-state index contributed by atoms with van der Waals surface area (Å²) < 4.78 is 26.1. The largest absolute Gasteiger partial charge is 0.481 e. The van der Waals surface area contributed by atoms with Crippen LogP contribution in [0.4, 0.5) is 14.5 Å². The molecule has 1 aromatic carbocycles. The van der Waals surface area contributed by atoms with Crippen molar-refractivity contribution in [1.82, 2.24) is 0 Å². The van der Waals surface area contributed by atoms with E-state index in [0.717, 1.165) is 18.6 Å². The highest BCUT2D eigenvalue weighted by Gasteiger charge is 2.09. The van der Waals surface area contributed by atoms with Crippen molar-refractivity contribution in [3.05, 3.63) is 28.8 Å². The molecule has 1 rings (SSSR count). The van der Waals surface area contributed by atoms with E-state index >= 15 is 0 Å². The third-order valence-electron chi connectivity index (χ3n) is 2.38. The Morgan fingerprint density at radius 3 is 2.61 bits per heavy atom. The number of nitrogens with one attached hydrogen (secondary N) is 1. The van der Waals surface area contributed by atoms with Crippen LogP contribution in [0.25, 0.3) is 0 Å². The summed E-state index contributed by atoms with van der Waals surface area (Å²) in [5.41, 5.74) is 0.0799. The van der Waals surface area contributed by atoms with Crippen molar-refractivity contribution in [2.45, 2.75) is 25.7 Å². The molecule has 0 aliphatic rings. The van der Waals surface area contributed by atoms with Crippen molar-refractivity contribution in [2.75, 3.05) is 11.9 Å². The molecule has 0 atom stereocenters. The molecule has 0 aliphatic carbocycles. The van der Waals surface area contributed by atoms with Crippen LogP contribution >= 0.6 is 11.6 Å². The normalized spacial score (nSPS) is 10.4. The summed E-state index contributed by atoms with van der Waals surface area (Å²) in [6, 6.07) is 1.80. The molecule has 0 aromatic heterocycles. The monoisotopic (exact) mass is 277 g/mol. The molecule has 0 saturated heterocycles. The quantitative estimate of drug-likeness (QED) is 0.748. The highest BCUT2D eigenvalue weighted by Crippen LogP contribution is 2.26. The summed E-state index contributed by atoms with van der Waals surface area (Å²) in [6.07, 6.45) is 2.13. The second-order valence-corrected chi connectivity index (χ2v) is 4.28. The smallest absolute Gasteiger partial charge is 0.303 e. The first kappa shape index (κ1) is 14.7. The van der Waals surface area contributed by atoms with Crippen LogP contribution in [0.5, 0.6) is 0 Å². The second-order valence-electron chi connectivity index (χ2n) is 3.88. The van der Waals surface area contributed by atoms with Crippen molar-refractivity contribution < 1.29 is 18.7 Å². The topological polar surface area (TPSA) is 49.3 Å². The van der Waals surface area contributed by atoms with Gasteiger partial charge in [0.2, 0.25) is 0 Å². The molecule has 0 heterocycles. The molecule has 0 aliphatic heterocycles. The first-order chi connectivity index (χ1) is 8.50. The summed E-state index contributed by atoms with van der Waals surface area (Å²) in [4.78, 5) is 10.3. The minimum Gasteiger partial charge on any atom is -0.481 e. The van der Waals surface area contributed by atoms with Crippen molar-refractivity contribution in [3.8, 4) is 0 Å². The van der Waals surface area contributed by atoms with Gasteiger partial charge in [0.15, 0.2) is 5.82 Å². The predicted octanol–water partition coefficient (Wildman–Crippen LogP) is 3.68. The minimum absolute atomic E-state index is 0.00182. The molecule has 3 nitrogen and oxygen atoms in total. The first-order valence-corrected chi connectivity index (χ1v) is 5.98. The van der Waals surface area contributed by atoms with Crippen molar-refractivity contribution in [1.29, 1.82) is 0 Å². The Morgan fingerprint density at radius 1 is 1.28 bits per heavy atom. The molecule has 0 bridgehead atoms. The van der Waals surface area contributed by atoms with Gasteiger partial charge in [0, 0.05) is 19.0 Å². The van der Waals surface area contributed by atoms with Crippen LogP contribution in [0.15, 0.2) is 12.1 Å². The van der Waals surface area contributed by atoms with E-state index in [9.17, 15) is 13.6 Å². The van der Waals surface area contributed by atoms with Crippen LogP contribution in [0.3, 0.4) is 0 Å². The minimum atomic E-state index is -0.824. The molecule has 18 heavy (non-hydrogen) atoms. The van der Waals surface area contributed by atoms with Crippen molar-refractivity contribution >= 4 is 23.3 Å². The Hall–Kier alpha value is -1.36. The summed E-state index contributed by atoms with van der Waals surface area (Å²) in [7, 11) is 0. The van der Waals surface area contributed by atoms with Gasteiger partial charge in [-0.15, -0.1) is 0 Å². The Morgan fingerprint density at radius 2 is 2.00 bits per heavy atom. The third-order valence-corrected chi connectivity index (χ3v) is 2.67. The molecule has 0 fully saturated rings. The Bertz CT molecular complexity index is 404. The van der Waals surface area contributed by atoms with Crippen molar-refractivity contribution in [2.24, 2.45) is 0 Å². The maximum atomic E-state index is 13.3. The van der Waals surface area contributed by atoms with Crippen LogP contribution in [-0.4, -0.2) is 17.6 Å². The van der Waals surface area contributed by atoms with Crippen LogP contribution in [0, 0.1) is 11.6 Å². The fraction of sp³-hybridized carbons (Fsp3) is 0.417. The van der Waals surface area contributed by atoms with E-state index in [1.807, 2.05) is 0 Å². The average Bonchev–Trinajstić information content (AvgIpc) is 2.25. The highest BCUT2D eigenvalue weighted by atomic mass is 35.5. The zero-order valence-corrected chi connectivity index (χ0v) is 10.4. The molecule has 1 aromatic rings. The van der Waals surface area contributed by atoms with Gasteiger partial charge in [-0.2, -0.15) is 0 Å². The molecule has 0 unspecified atom stereocenters. The van der Waals surface area contributed by atoms with E-state index in [1.54, 1.807) is 0 Å². The number of carboxylic acids is 1. The third kappa shape index (κ3) is 4.87. The van der Waals surface area contributed by atoms with Gasteiger partial charge in [-0.25, -0.2) is 8.78 Å². The molecule has 0 spiro atoms. The highest BCUT2D eigenvalue weighted by molar-refractivity contribution is 6.33. The van der Waals surface area contributed by atoms with Crippen LogP contribution in [0.2, 0.25) is 5.02 Å². The Labute approximate surface area is 109 Å². The Balaban J connectivity index is 2.33. The summed E-state index contributed by atoms with van der Waals surface area (Å²) >= 11 is 5.70. The number of aliphatic carboxylic acids is 1. The molecule has 0 saturated carbocycles. The summed E-state index contributed by atoms with van der Waals surface area (Å²) in [6.45, 7) is 0.460. The molecular weight excluding hydrogens is 264 g/mol. The number of hydrogen-bond acceptors (Lipinski definition) is 2. The van der Waals surface area contributed by atoms with E-state index in [-0.39, 0.29) is 17.1 Å².